The first-order valence-electron chi connectivity index (χ1n) is 8.21. The average molecular weight is 347 g/mol. The highest BCUT2D eigenvalue weighted by Crippen LogP contribution is 2.34. The molecular formula is C20H17N3O3. The van der Waals surface area contributed by atoms with Gasteiger partial charge in [0.1, 0.15) is 0 Å². The molecule has 0 unspecified atom stereocenters. The molecule has 1 N–H and O–H groups in total. The summed E-state index contributed by atoms with van der Waals surface area (Å²) in [5.74, 6) is 1.10. The third-order valence-corrected chi connectivity index (χ3v) is 3.91. The van der Waals surface area contributed by atoms with Gasteiger partial charge in [-0.1, -0.05) is 30.3 Å². The van der Waals surface area contributed by atoms with Gasteiger partial charge in [0.05, 0.1) is 12.7 Å². The number of carbonyl (C=O) groups is 1. The first kappa shape index (κ1) is 16.0. The summed E-state index contributed by atoms with van der Waals surface area (Å²) in [6.07, 6.45) is 6.84. The number of carbonyl (C=O) groups excluding carboxylic acids is 1. The summed E-state index contributed by atoms with van der Waals surface area (Å²) in [4.78, 5) is 12.1. The molecule has 4 rings (SSSR count). The van der Waals surface area contributed by atoms with E-state index in [1.807, 2.05) is 29.1 Å². The number of rotatable bonds is 5. The topological polar surface area (TPSA) is 65.4 Å². The maximum atomic E-state index is 12.1. The van der Waals surface area contributed by atoms with Gasteiger partial charge >= 0.3 is 0 Å². The lowest BCUT2D eigenvalue weighted by molar-refractivity contribution is -0.111. The Morgan fingerprint density at radius 1 is 1.15 bits per heavy atom. The minimum absolute atomic E-state index is 0.208. The van der Waals surface area contributed by atoms with E-state index in [1.165, 1.54) is 11.6 Å². The number of hydrogen-bond donors (Lipinski definition) is 1. The van der Waals surface area contributed by atoms with Gasteiger partial charge in [-0.15, -0.1) is 0 Å². The van der Waals surface area contributed by atoms with Crippen LogP contribution in [0.2, 0.25) is 0 Å². The van der Waals surface area contributed by atoms with Crippen LogP contribution < -0.4 is 14.8 Å². The molecule has 6 heteroatoms. The molecule has 2 heterocycles. The Bertz CT molecular complexity index is 948. The van der Waals surface area contributed by atoms with Crippen molar-refractivity contribution in [2.45, 2.75) is 6.54 Å². The molecule has 26 heavy (non-hydrogen) atoms. The van der Waals surface area contributed by atoms with Gasteiger partial charge in [0.25, 0.3) is 0 Å². The second-order valence-electron chi connectivity index (χ2n) is 5.85. The van der Waals surface area contributed by atoms with Crippen LogP contribution >= 0.6 is 0 Å². The molecular weight excluding hydrogens is 330 g/mol. The maximum absolute atomic E-state index is 12.1. The second kappa shape index (κ2) is 7.14. The van der Waals surface area contributed by atoms with Crippen molar-refractivity contribution in [3.8, 4) is 11.5 Å². The lowest BCUT2D eigenvalue weighted by Crippen LogP contribution is -2.07. The summed E-state index contributed by atoms with van der Waals surface area (Å²) in [6.45, 7) is 0.900. The molecule has 3 aromatic rings. The fourth-order valence-corrected chi connectivity index (χ4v) is 2.65. The molecule has 6 nitrogen and oxygen atoms in total. The molecule has 1 aliphatic heterocycles. The minimum atomic E-state index is -0.223. The number of nitrogens with zero attached hydrogens (tertiary/aromatic N) is 2. The van der Waals surface area contributed by atoms with Gasteiger partial charge in [-0.25, -0.2) is 0 Å². The van der Waals surface area contributed by atoms with Gasteiger partial charge in [-0.3, -0.25) is 9.48 Å². The Morgan fingerprint density at radius 3 is 2.88 bits per heavy atom. The molecule has 0 spiro atoms. The lowest BCUT2D eigenvalue weighted by Gasteiger charge is -2.03. The summed E-state index contributed by atoms with van der Waals surface area (Å²) in [6, 6.07) is 15.4. The normalized spacial score (nSPS) is 12.5. The number of hydrogen-bond acceptors (Lipinski definition) is 4. The van der Waals surface area contributed by atoms with Crippen molar-refractivity contribution in [3.05, 3.63) is 78.1 Å². The fraction of sp³-hybridized carbons (Fsp3) is 0.100. The molecule has 0 radical (unpaired) electrons. The predicted molar refractivity (Wildman–Crippen MR) is 98.0 cm³/mol. The minimum Gasteiger partial charge on any atom is -0.454 e. The van der Waals surface area contributed by atoms with Crippen LogP contribution in [0.3, 0.4) is 0 Å². The summed E-state index contributed by atoms with van der Waals surface area (Å²) in [7, 11) is 0. The highest BCUT2D eigenvalue weighted by molar-refractivity contribution is 6.02. The van der Waals surface area contributed by atoms with E-state index >= 15 is 0 Å². The molecule has 0 fully saturated rings. The molecule has 0 aliphatic carbocycles. The van der Waals surface area contributed by atoms with Crippen molar-refractivity contribution >= 4 is 17.7 Å². The van der Waals surface area contributed by atoms with Crippen LogP contribution in [0.15, 0.2) is 67.0 Å². The van der Waals surface area contributed by atoms with E-state index in [2.05, 4.69) is 22.5 Å². The van der Waals surface area contributed by atoms with Crippen LogP contribution in [0.4, 0.5) is 5.69 Å². The summed E-state index contributed by atoms with van der Waals surface area (Å²) in [5.41, 5.74) is 2.69. The van der Waals surface area contributed by atoms with Crippen molar-refractivity contribution in [1.82, 2.24) is 9.78 Å². The molecule has 130 valence electrons. The molecule has 1 aliphatic rings. The van der Waals surface area contributed by atoms with E-state index in [4.69, 9.17) is 9.47 Å². The molecule has 1 amide bonds. The zero-order chi connectivity index (χ0) is 17.8. The largest absolute Gasteiger partial charge is 0.454 e. The SMILES string of the molecule is O=C(/C=C/c1cnn(Cc2ccccc2)c1)Nc1ccc2c(c1)OCO2. The van der Waals surface area contributed by atoms with Crippen LogP contribution in [0, 0.1) is 0 Å². The molecule has 0 bridgehead atoms. The fourth-order valence-electron chi connectivity index (χ4n) is 2.65. The van der Waals surface area contributed by atoms with Crippen molar-refractivity contribution < 1.29 is 14.3 Å². The number of anilines is 1. The van der Waals surface area contributed by atoms with Crippen molar-refractivity contribution in [2.24, 2.45) is 0 Å². The van der Waals surface area contributed by atoms with E-state index in [0.717, 1.165) is 5.56 Å². The second-order valence-corrected chi connectivity index (χ2v) is 5.85. The van der Waals surface area contributed by atoms with Gasteiger partial charge < -0.3 is 14.8 Å². The van der Waals surface area contributed by atoms with Gasteiger partial charge in [0.15, 0.2) is 11.5 Å². The van der Waals surface area contributed by atoms with E-state index in [1.54, 1.807) is 30.5 Å². The Hall–Kier alpha value is -3.54. The van der Waals surface area contributed by atoms with Gasteiger partial charge in [0.2, 0.25) is 12.7 Å². The molecule has 0 atom stereocenters. The smallest absolute Gasteiger partial charge is 0.248 e. The van der Waals surface area contributed by atoms with Crippen molar-refractivity contribution in [2.75, 3.05) is 12.1 Å². The van der Waals surface area contributed by atoms with Crippen LogP contribution in [0.1, 0.15) is 11.1 Å². The predicted octanol–water partition coefficient (Wildman–Crippen LogP) is 3.31. The van der Waals surface area contributed by atoms with Crippen LogP contribution in [-0.2, 0) is 11.3 Å². The summed E-state index contributed by atoms with van der Waals surface area (Å²) < 4.78 is 12.4. The van der Waals surface area contributed by atoms with E-state index in [0.29, 0.717) is 23.7 Å². The highest BCUT2D eigenvalue weighted by atomic mass is 16.7. The average Bonchev–Trinajstić information content (AvgIpc) is 3.29. The van der Waals surface area contributed by atoms with Crippen molar-refractivity contribution in [1.29, 1.82) is 0 Å². The number of aromatic nitrogens is 2. The Kier molecular flexibility index (Phi) is 4.38. The lowest BCUT2D eigenvalue weighted by atomic mass is 10.2. The standard InChI is InChI=1S/C20H17N3O3/c24-20(22-17-7-8-18-19(10-17)26-14-25-18)9-6-16-11-21-23(13-16)12-15-4-2-1-3-5-15/h1-11,13H,12,14H2,(H,22,24)/b9-6+. The van der Waals surface area contributed by atoms with Crippen molar-refractivity contribution in [3.63, 3.8) is 0 Å². The Labute approximate surface area is 150 Å². The summed E-state index contributed by atoms with van der Waals surface area (Å²) in [5, 5.41) is 7.12. The monoisotopic (exact) mass is 347 g/mol. The zero-order valence-electron chi connectivity index (χ0n) is 14.0. The molecule has 1 aromatic heterocycles. The number of fused-ring (bicyclic) bond motifs is 1. The van der Waals surface area contributed by atoms with Crippen LogP contribution in [0.25, 0.3) is 6.08 Å². The van der Waals surface area contributed by atoms with E-state index in [9.17, 15) is 4.79 Å². The first-order chi connectivity index (χ1) is 12.8. The summed E-state index contributed by atoms with van der Waals surface area (Å²) >= 11 is 0. The maximum Gasteiger partial charge on any atom is 0.248 e. The van der Waals surface area contributed by atoms with Crippen LogP contribution in [-0.4, -0.2) is 22.5 Å². The third kappa shape index (κ3) is 3.75. The van der Waals surface area contributed by atoms with Crippen LogP contribution in [0.5, 0.6) is 11.5 Å². The number of benzene rings is 2. The van der Waals surface area contributed by atoms with Gasteiger partial charge in [-0.05, 0) is 23.8 Å². The highest BCUT2D eigenvalue weighted by Gasteiger charge is 2.13. The molecule has 0 saturated heterocycles. The molecule has 2 aromatic carbocycles. The molecule has 0 saturated carbocycles. The quantitative estimate of drug-likeness (QED) is 0.719. The third-order valence-electron chi connectivity index (χ3n) is 3.91. The van der Waals surface area contributed by atoms with Gasteiger partial charge in [0, 0.05) is 29.6 Å². The first-order valence-corrected chi connectivity index (χ1v) is 8.21. The number of amides is 1. The van der Waals surface area contributed by atoms with E-state index < -0.39 is 0 Å². The van der Waals surface area contributed by atoms with E-state index in [-0.39, 0.29) is 12.7 Å². The Morgan fingerprint density at radius 2 is 2.00 bits per heavy atom. The zero-order valence-corrected chi connectivity index (χ0v) is 14.0. The number of nitrogens with one attached hydrogen (secondary N) is 1. The Balaban J connectivity index is 1.36. The van der Waals surface area contributed by atoms with Gasteiger partial charge in [-0.2, -0.15) is 5.10 Å². The number of ether oxygens (including phenoxy) is 2.